The molecule has 0 aliphatic heterocycles. The van der Waals surface area contributed by atoms with E-state index in [-0.39, 0.29) is 11.7 Å². The van der Waals surface area contributed by atoms with E-state index in [1.807, 2.05) is 16.0 Å². The number of hydrogen-bond acceptors (Lipinski definition) is 6. The van der Waals surface area contributed by atoms with Crippen molar-refractivity contribution in [1.82, 2.24) is 19.7 Å². The number of rotatable bonds is 7. The summed E-state index contributed by atoms with van der Waals surface area (Å²) in [5, 5.41) is 12.2. The summed E-state index contributed by atoms with van der Waals surface area (Å²) in [6.07, 6.45) is 2.24. The van der Waals surface area contributed by atoms with Gasteiger partial charge in [-0.3, -0.25) is 19.8 Å². The maximum atomic E-state index is 13.1. The molecule has 30 heavy (non-hydrogen) atoms. The lowest BCUT2D eigenvalue weighted by molar-refractivity contribution is 0.103. The molecule has 0 fully saturated rings. The molecule has 0 saturated heterocycles. The standard InChI is InChI=1S/C20H16FN5OS3/c1-2-9-26-17(24-25-20(26)28)10-14-11-29-19(22-14)23-18(27)16-8-7-15(30-16)12-3-5-13(21)6-4-12/h2-8,11H,1,9-10H2,(H,25,28)(H,22,23,27). The van der Waals surface area contributed by atoms with Gasteiger partial charge in [0.05, 0.1) is 17.0 Å². The first-order valence-electron chi connectivity index (χ1n) is 8.90. The fourth-order valence-corrected chi connectivity index (χ4v) is 4.64. The summed E-state index contributed by atoms with van der Waals surface area (Å²) in [6.45, 7) is 4.29. The van der Waals surface area contributed by atoms with Crippen molar-refractivity contribution in [3.8, 4) is 10.4 Å². The van der Waals surface area contributed by atoms with E-state index < -0.39 is 0 Å². The van der Waals surface area contributed by atoms with Gasteiger partial charge in [0.15, 0.2) is 9.90 Å². The second-order valence-electron chi connectivity index (χ2n) is 6.29. The topological polar surface area (TPSA) is 75.6 Å². The Morgan fingerprint density at radius 2 is 2.10 bits per heavy atom. The molecule has 0 spiro atoms. The molecule has 3 aromatic heterocycles. The van der Waals surface area contributed by atoms with E-state index in [2.05, 4.69) is 27.1 Å². The number of H-pyrrole nitrogens is 1. The highest BCUT2D eigenvalue weighted by Crippen LogP contribution is 2.29. The summed E-state index contributed by atoms with van der Waals surface area (Å²) < 4.78 is 15.5. The van der Waals surface area contributed by atoms with Crippen LogP contribution in [0.2, 0.25) is 0 Å². The van der Waals surface area contributed by atoms with Crippen molar-refractivity contribution in [3.63, 3.8) is 0 Å². The molecule has 4 aromatic rings. The minimum absolute atomic E-state index is 0.233. The third-order valence-corrected chi connectivity index (χ3v) is 6.47. The highest BCUT2D eigenvalue weighted by atomic mass is 32.1. The van der Waals surface area contributed by atoms with Gasteiger partial charge in [-0.15, -0.1) is 29.3 Å². The van der Waals surface area contributed by atoms with Gasteiger partial charge in [-0.25, -0.2) is 9.37 Å². The molecule has 0 aliphatic carbocycles. The number of carbonyl (C=O) groups excluding carboxylic acids is 1. The zero-order chi connectivity index (χ0) is 21.1. The highest BCUT2D eigenvalue weighted by Gasteiger charge is 2.14. The van der Waals surface area contributed by atoms with Crippen LogP contribution in [0.3, 0.4) is 0 Å². The SMILES string of the molecule is C=CCn1c(Cc2csc(NC(=O)c3ccc(-c4ccc(F)cc4)s3)n2)n[nH]c1=S. The van der Waals surface area contributed by atoms with Gasteiger partial charge in [0.2, 0.25) is 0 Å². The number of amides is 1. The number of allylic oxidation sites excluding steroid dienone is 1. The second kappa shape index (κ2) is 8.82. The van der Waals surface area contributed by atoms with Crippen molar-refractivity contribution in [2.24, 2.45) is 0 Å². The van der Waals surface area contributed by atoms with Crippen LogP contribution in [-0.2, 0) is 13.0 Å². The zero-order valence-electron chi connectivity index (χ0n) is 15.6. The van der Waals surface area contributed by atoms with Crippen LogP contribution in [0.25, 0.3) is 10.4 Å². The van der Waals surface area contributed by atoms with Crippen LogP contribution in [0, 0.1) is 10.6 Å². The van der Waals surface area contributed by atoms with E-state index in [1.54, 1.807) is 24.3 Å². The van der Waals surface area contributed by atoms with Crippen molar-refractivity contribution < 1.29 is 9.18 Å². The molecule has 6 nitrogen and oxygen atoms in total. The molecular weight excluding hydrogens is 441 g/mol. The third-order valence-electron chi connectivity index (χ3n) is 4.22. The molecule has 0 bridgehead atoms. The zero-order valence-corrected chi connectivity index (χ0v) is 18.0. The third kappa shape index (κ3) is 4.45. The molecule has 10 heteroatoms. The van der Waals surface area contributed by atoms with E-state index >= 15 is 0 Å². The summed E-state index contributed by atoms with van der Waals surface area (Å²) in [4.78, 5) is 18.5. The Morgan fingerprint density at radius 3 is 2.87 bits per heavy atom. The van der Waals surface area contributed by atoms with Crippen molar-refractivity contribution in [1.29, 1.82) is 0 Å². The molecule has 0 radical (unpaired) electrons. The molecular formula is C20H16FN5OS3. The Labute approximate surface area is 184 Å². The normalized spacial score (nSPS) is 10.8. The summed E-state index contributed by atoms with van der Waals surface area (Å²) in [7, 11) is 0. The van der Waals surface area contributed by atoms with E-state index in [9.17, 15) is 9.18 Å². The monoisotopic (exact) mass is 457 g/mol. The van der Waals surface area contributed by atoms with Crippen molar-refractivity contribution >= 4 is 45.9 Å². The number of benzene rings is 1. The quantitative estimate of drug-likeness (QED) is 0.292. The maximum Gasteiger partial charge on any atom is 0.267 e. The number of thiazole rings is 1. The van der Waals surface area contributed by atoms with Crippen molar-refractivity contribution in [2.75, 3.05) is 5.32 Å². The van der Waals surface area contributed by atoms with E-state index in [0.29, 0.717) is 27.7 Å². The van der Waals surface area contributed by atoms with E-state index in [1.165, 1.54) is 34.8 Å². The predicted molar refractivity (Wildman–Crippen MR) is 120 cm³/mol. The van der Waals surface area contributed by atoms with Crippen LogP contribution < -0.4 is 5.32 Å². The molecule has 0 unspecified atom stereocenters. The Hall–Kier alpha value is -2.95. The van der Waals surface area contributed by atoms with Gasteiger partial charge in [-0.2, -0.15) is 5.10 Å². The number of halogens is 1. The first kappa shape index (κ1) is 20.3. The Bertz CT molecular complexity index is 1250. The first-order valence-corrected chi connectivity index (χ1v) is 11.0. The summed E-state index contributed by atoms with van der Waals surface area (Å²) in [6, 6.07) is 9.79. The van der Waals surface area contributed by atoms with Crippen LogP contribution in [0.1, 0.15) is 21.2 Å². The molecule has 1 aromatic carbocycles. The first-order chi connectivity index (χ1) is 14.5. The van der Waals surface area contributed by atoms with Crippen LogP contribution >= 0.6 is 34.9 Å². The number of aromatic nitrogens is 4. The Morgan fingerprint density at radius 1 is 1.30 bits per heavy atom. The molecule has 0 atom stereocenters. The van der Waals surface area contributed by atoms with Crippen molar-refractivity contribution in [2.45, 2.75) is 13.0 Å². The largest absolute Gasteiger partial charge is 0.300 e. The van der Waals surface area contributed by atoms with Crippen LogP contribution in [0.15, 0.2) is 54.4 Å². The number of carbonyl (C=O) groups is 1. The fourth-order valence-electron chi connectivity index (χ4n) is 2.80. The predicted octanol–water partition coefficient (Wildman–Crippen LogP) is 5.29. The highest BCUT2D eigenvalue weighted by molar-refractivity contribution is 7.71. The van der Waals surface area contributed by atoms with Crippen LogP contribution in [-0.4, -0.2) is 25.7 Å². The summed E-state index contributed by atoms with van der Waals surface area (Å²) >= 11 is 7.91. The lowest BCUT2D eigenvalue weighted by Gasteiger charge is -2.01. The lowest BCUT2D eigenvalue weighted by atomic mass is 10.2. The van der Waals surface area contributed by atoms with Gasteiger partial charge in [-0.1, -0.05) is 18.2 Å². The molecule has 4 rings (SSSR count). The molecule has 2 N–H and O–H groups in total. The number of aromatic amines is 1. The van der Waals surface area contributed by atoms with E-state index in [4.69, 9.17) is 12.2 Å². The molecule has 1 amide bonds. The number of nitrogens with one attached hydrogen (secondary N) is 2. The average molecular weight is 458 g/mol. The van der Waals surface area contributed by atoms with Crippen LogP contribution in [0.4, 0.5) is 9.52 Å². The van der Waals surface area contributed by atoms with E-state index in [0.717, 1.165) is 22.0 Å². The maximum absolute atomic E-state index is 13.1. The van der Waals surface area contributed by atoms with Gasteiger partial charge >= 0.3 is 0 Å². The average Bonchev–Trinajstić information content (AvgIpc) is 3.46. The van der Waals surface area contributed by atoms with Crippen LogP contribution in [0.5, 0.6) is 0 Å². The lowest BCUT2D eigenvalue weighted by Crippen LogP contribution is -2.10. The van der Waals surface area contributed by atoms with Gasteiger partial charge in [0, 0.05) is 16.8 Å². The smallest absolute Gasteiger partial charge is 0.267 e. The van der Waals surface area contributed by atoms with Gasteiger partial charge in [0.25, 0.3) is 5.91 Å². The van der Waals surface area contributed by atoms with Gasteiger partial charge < -0.3 is 0 Å². The summed E-state index contributed by atoms with van der Waals surface area (Å²) in [5.41, 5.74) is 1.65. The Kier molecular flexibility index (Phi) is 5.98. The fraction of sp³-hybridized carbons (Fsp3) is 0.100. The number of hydrogen-bond donors (Lipinski definition) is 2. The minimum atomic E-state index is -0.290. The number of anilines is 1. The molecule has 0 aliphatic rings. The number of thiophene rings is 1. The molecule has 152 valence electrons. The minimum Gasteiger partial charge on any atom is -0.300 e. The number of nitrogens with zero attached hydrogens (tertiary/aromatic N) is 3. The Balaban J connectivity index is 1.44. The van der Waals surface area contributed by atoms with Gasteiger partial charge in [-0.05, 0) is 42.0 Å². The van der Waals surface area contributed by atoms with Crippen molar-refractivity contribution in [3.05, 3.63) is 81.4 Å². The second-order valence-corrected chi connectivity index (χ2v) is 8.62. The molecule has 0 saturated carbocycles. The van der Waals surface area contributed by atoms with Gasteiger partial charge in [0.1, 0.15) is 11.6 Å². The summed E-state index contributed by atoms with van der Waals surface area (Å²) in [5.74, 6) is 0.232. The molecule has 3 heterocycles.